The van der Waals surface area contributed by atoms with Crippen LogP contribution in [0.2, 0.25) is 0 Å². The molecule has 0 saturated carbocycles. The van der Waals surface area contributed by atoms with Crippen LogP contribution in [0.5, 0.6) is 0 Å². The SMILES string of the molecule is CN(C)C(=O)NCc1nnn2c1COC1(CCCN(C(=O)c3nccc4ccccc34)C1)C2. The van der Waals surface area contributed by atoms with Gasteiger partial charge in [0.1, 0.15) is 17.0 Å². The third kappa shape index (κ3) is 4.02. The minimum absolute atomic E-state index is 0.0778. The number of carbonyl (C=O) groups excluding carboxylic acids is 2. The summed E-state index contributed by atoms with van der Waals surface area (Å²) in [6.45, 7) is 2.29. The number of aromatic nitrogens is 4. The third-order valence-electron chi connectivity index (χ3n) is 6.39. The zero-order chi connectivity index (χ0) is 23.0. The topological polar surface area (TPSA) is 105 Å². The number of nitrogens with zero attached hydrogens (tertiary/aromatic N) is 6. The Kier molecular flexibility index (Phi) is 5.45. The second kappa shape index (κ2) is 8.43. The molecule has 1 fully saturated rings. The standard InChI is InChI=1S/C23H27N7O3/c1-28(2)22(32)25-12-18-19-13-33-23(15-30(19)27-26-18)9-5-11-29(14-23)21(31)20-17-7-4-3-6-16(17)8-10-24-20/h3-4,6-8,10H,5,9,11-15H2,1-2H3,(H,25,32). The van der Waals surface area contributed by atoms with Crippen LogP contribution in [0.15, 0.2) is 36.5 Å². The molecular weight excluding hydrogens is 422 g/mol. The maximum absolute atomic E-state index is 13.4. The van der Waals surface area contributed by atoms with Gasteiger partial charge in [-0.15, -0.1) is 5.10 Å². The molecule has 33 heavy (non-hydrogen) atoms. The number of urea groups is 1. The van der Waals surface area contributed by atoms with Crippen molar-refractivity contribution in [1.29, 1.82) is 0 Å². The van der Waals surface area contributed by atoms with Crippen LogP contribution in [0.4, 0.5) is 4.79 Å². The molecule has 1 N–H and O–H groups in total. The van der Waals surface area contributed by atoms with Crippen molar-refractivity contribution < 1.29 is 14.3 Å². The van der Waals surface area contributed by atoms with E-state index < -0.39 is 5.60 Å². The third-order valence-corrected chi connectivity index (χ3v) is 6.39. The summed E-state index contributed by atoms with van der Waals surface area (Å²) >= 11 is 0. The first kappa shape index (κ1) is 21.3. The van der Waals surface area contributed by atoms with E-state index in [1.807, 2.05) is 39.9 Å². The van der Waals surface area contributed by atoms with Gasteiger partial charge in [-0.1, -0.05) is 29.5 Å². The molecule has 1 unspecified atom stereocenters. The summed E-state index contributed by atoms with van der Waals surface area (Å²) in [5, 5.41) is 13.2. The molecule has 1 spiro atoms. The fourth-order valence-corrected chi connectivity index (χ4v) is 4.61. The minimum atomic E-state index is -0.511. The van der Waals surface area contributed by atoms with Crippen molar-refractivity contribution >= 4 is 22.7 Å². The van der Waals surface area contributed by atoms with Crippen LogP contribution in [0.25, 0.3) is 10.8 Å². The van der Waals surface area contributed by atoms with Crippen LogP contribution in [0.1, 0.15) is 34.7 Å². The first-order chi connectivity index (χ1) is 16.0. The molecule has 4 heterocycles. The van der Waals surface area contributed by atoms with E-state index in [0.29, 0.717) is 44.2 Å². The van der Waals surface area contributed by atoms with Gasteiger partial charge in [-0.05, 0) is 24.3 Å². The molecule has 10 heteroatoms. The van der Waals surface area contributed by atoms with Gasteiger partial charge in [-0.25, -0.2) is 9.48 Å². The zero-order valence-electron chi connectivity index (χ0n) is 18.8. The van der Waals surface area contributed by atoms with Crippen molar-refractivity contribution in [1.82, 2.24) is 35.1 Å². The van der Waals surface area contributed by atoms with E-state index in [0.717, 1.165) is 29.3 Å². The van der Waals surface area contributed by atoms with Gasteiger partial charge >= 0.3 is 6.03 Å². The fourth-order valence-electron chi connectivity index (χ4n) is 4.61. The molecule has 0 bridgehead atoms. The van der Waals surface area contributed by atoms with Gasteiger partial charge in [0.15, 0.2) is 0 Å². The molecule has 1 saturated heterocycles. The Morgan fingerprint density at radius 1 is 1.21 bits per heavy atom. The quantitative estimate of drug-likeness (QED) is 0.654. The van der Waals surface area contributed by atoms with Crippen LogP contribution in [0.3, 0.4) is 0 Å². The van der Waals surface area contributed by atoms with Crippen LogP contribution in [0, 0.1) is 0 Å². The Labute approximate surface area is 191 Å². The molecule has 10 nitrogen and oxygen atoms in total. The van der Waals surface area contributed by atoms with Gasteiger partial charge in [0.25, 0.3) is 5.91 Å². The van der Waals surface area contributed by atoms with Gasteiger partial charge in [0.05, 0.1) is 31.9 Å². The lowest BCUT2D eigenvalue weighted by atomic mass is 9.91. The number of likely N-dealkylation sites (tertiary alicyclic amines) is 1. The summed E-state index contributed by atoms with van der Waals surface area (Å²) in [4.78, 5) is 33.0. The molecule has 5 rings (SSSR count). The highest BCUT2D eigenvalue weighted by molar-refractivity contribution is 6.05. The molecule has 1 aromatic carbocycles. The summed E-state index contributed by atoms with van der Waals surface area (Å²) in [7, 11) is 3.37. The monoisotopic (exact) mass is 449 g/mol. The van der Waals surface area contributed by atoms with E-state index in [9.17, 15) is 9.59 Å². The van der Waals surface area contributed by atoms with E-state index in [-0.39, 0.29) is 11.9 Å². The van der Waals surface area contributed by atoms with Crippen LogP contribution in [-0.2, 0) is 24.4 Å². The molecule has 172 valence electrons. The lowest BCUT2D eigenvalue weighted by Crippen LogP contribution is -2.55. The highest BCUT2D eigenvalue weighted by Gasteiger charge is 2.43. The van der Waals surface area contributed by atoms with Crippen molar-refractivity contribution in [2.45, 2.75) is 38.1 Å². The van der Waals surface area contributed by atoms with Crippen molar-refractivity contribution in [2.24, 2.45) is 0 Å². The fraction of sp³-hybridized carbons (Fsp3) is 0.435. The summed E-state index contributed by atoms with van der Waals surface area (Å²) in [6, 6.07) is 9.53. The van der Waals surface area contributed by atoms with Gasteiger partial charge in [-0.2, -0.15) is 0 Å². The molecule has 2 aliphatic heterocycles. The van der Waals surface area contributed by atoms with E-state index >= 15 is 0 Å². The Morgan fingerprint density at radius 2 is 2.06 bits per heavy atom. The average Bonchev–Trinajstić information content (AvgIpc) is 3.23. The number of pyridine rings is 1. The minimum Gasteiger partial charge on any atom is -0.365 e. The summed E-state index contributed by atoms with van der Waals surface area (Å²) in [6.07, 6.45) is 3.36. The Bertz CT molecular complexity index is 1200. The van der Waals surface area contributed by atoms with Crippen molar-refractivity contribution in [3.63, 3.8) is 0 Å². The number of benzene rings is 1. The number of carbonyl (C=O) groups is 2. The Morgan fingerprint density at radius 3 is 2.91 bits per heavy atom. The maximum atomic E-state index is 13.4. The lowest BCUT2D eigenvalue weighted by molar-refractivity contribution is -0.122. The van der Waals surface area contributed by atoms with Crippen LogP contribution in [-0.4, -0.2) is 74.5 Å². The van der Waals surface area contributed by atoms with Gasteiger partial charge in [0, 0.05) is 32.2 Å². The second-order valence-electron chi connectivity index (χ2n) is 8.88. The number of hydrogen-bond donors (Lipinski definition) is 1. The molecule has 1 atom stereocenters. The molecular formula is C23H27N7O3. The van der Waals surface area contributed by atoms with Crippen LogP contribution >= 0.6 is 0 Å². The number of piperidine rings is 1. The summed E-state index contributed by atoms with van der Waals surface area (Å²) in [5.74, 6) is -0.0778. The summed E-state index contributed by atoms with van der Waals surface area (Å²) < 4.78 is 8.20. The normalized spacial score (nSPS) is 20.0. The van der Waals surface area contributed by atoms with E-state index in [2.05, 4.69) is 20.6 Å². The van der Waals surface area contributed by atoms with E-state index in [1.54, 1.807) is 20.3 Å². The number of hydrogen-bond acceptors (Lipinski definition) is 6. The first-order valence-corrected chi connectivity index (χ1v) is 11.1. The average molecular weight is 450 g/mol. The van der Waals surface area contributed by atoms with Crippen molar-refractivity contribution in [3.05, 3.63) is 53.6 Å². The van der Waals surface area contributed by atoms with Gasteiger partial charge < -0.3 is 19.9 Å². The summed E-state index contributed by atoms with van der Waals surface area (Å²) in [5.41, 5.74) is 1.52. The number of nitrogens with one attached hydrogen (secondary N) is 1. The van der Waals surface area contributed by atoms with Gasteiger partial charge in [-0.3, -0.25) is 9.78 Å². The smallest absolute Gasteiger partial charge is 0.317 e. The molecule has 3 amide bonds. The maximum Gasteiger partial charge on any atom is 0.317 e. The number of fused-ring (bicyclic) bond motifs is 2. The van der Waals surface area contributed by atoms with Gasteiger partial charge in [0.2, 0.25) is 0 Å². The molecule has 3 aromatic rings. The predicted molar refractivity (Wildman–Crippen MR) is 120 cm³/mol. The lowest BCUT2D eigenvalue weighted by Gasteiger charge is -2.44. The largest absolute Gasteiger partial charge is 0.365 e. The zero-order valence-corrected chi connectivity index (χ0v) is 18.8. The van der Waals surface area contributed by atoms with Crippen LogP contribution < -0.4 is 5.32 Å². The predicted octanol–water partition coefficient (Wildman–Crippen LogP) is 1.80. The number of amides is 3. The Balaban J connectivity index is 1.32. The first-order valence-electron chi connectivity index (χ1n) is 11.1. The number of rotatable bonds is 3. The molecule has 2 aliphatic rings. The molecule has 2 aromatic heterocycles. The van der Waals surface area contributed by atoms with Crippen molar-refractivity contribution in [3.8, 4) is 0 Å². The highest BCUT2D eigenvalue weighted by atomic mass is 16.5. The van der Waals surface area contributed by atoms with Crippen molar-refractivity contribution in [2.75, 3.05) is 27.2 Å². The second-order valence-corrected chi connectivity index (χ2v) is 8.88. The van der Waals surface area contributed by atoms with E-state index in [1.165, 1.54) is 4.90 Å². The molecule has 0 aliphatic carbocycles. The van der Waals surface area contributed by atoms with E-state index in [4.69, 9.17) is 4.74 Å². The number of ether oxygens (including phenoxy) is 1. The highest BCUT2D eigenvalue weighted by Crippen LogP contribution is 2.33. The molecule has 0 radical (unpaired) electrons. The Hall–Kier alpha value is -3.53.